The van der Waals surface area contributed by atoms with Crippen molar-refractivity contribution < 1.29 is 18.8 Å². The molecule has 0 N–H and O–H groups in total. The molecule has 1 heterocycles. The first-order valence-electron chi connectivity index (χ1n) is 9.99. The third-order valence-corrected chi connectivity index (χ3v) is 4.89. The van der Waals surface area contributed by atoms with Gasteiger partial charge in [-0.25, -0.2) is 4.79 Å². The van der Waals surface area contributed by atoms with Gasteiger partial charge in [-0.05, 0) is 42.2 Å². The van der Waals surface area contributed by atoms with Gasteiger partial charge in [0.2, 0.25) is 5.82 Å². The third-order valence-electron chi connectivity index (χ3n) is 4.89. The largest absolute Gasteiger partial charge is 0.497 e. The van der Waals surface area contributed by atoms with E-state index in [0.29, 0.717) is 17.1 Å². The summed E-state index contributed by atoms with van der Waals surface area (Å²) >= 11 is 0. The fourth-order valence-corrected chi connectivity index (χ4v) is 3.26. The average Bonchev–Trinajstić information content (AvgIpc) is 3.31. The van der Waals surface area contributed by atoms with Crippen molar-refractivity contribution in [3.05, 3.63) is 101 Å². The van der Waals surface area contributed by atoms with Crippen molar-refractivity contribution in [3.63, 3.8) is 0 Å². The maximum Gasteiger partial charge on any atom is 0.338 e. The zero-order valence-corrected chi connectivity index (χ0v) is 17.2. The van der Waals surface area contributed by atoms with E-state index in [0.717, 1.165) is 24.0 Å². The minimum absolute atomic E-state index is 0.0944. The first kappa shape index (κ1) is 20.3. The van der Waals surface area contributed by atoms with E-state index in [1.54, 1.807) is 13.2 Å². The molecular weight excluding hydrogens is 392 g/mol. The van der Waals surface area contributed by atoms with Gasteiger partial charge in [0.15, 0.2) is 6.61 Å². The van der Waals surface area contributed by atoms with E-state index in [-0.39, 0.29) is 12.5 Å². The summed E-state index contributed by atoms with van der Waals surface area (Å²) in [5, 5.41) is 3.96. The van der Waals surface area contributed by atoms with Crippen LogP contribution < -0.4 is 4.74 Å². The molecule has 0 bridgehead atoms. The summed E-state index contributed by atoms with van der Waals surface area (Å²) in [5.41, 5.74) is 3.47. The fourth-order valence-electron chi connectivity index (χ4n) is 3.26. The lowest BCUT2D eigenvalue weighted by molar-refractivity contribution is 0.0428. The van der Waals surface area contributed by atoms with Crippen LogP contribution in [0.2, 0.25) is 0 Å². The predicted octanol–water partition coefficient (Wildman–Crippen LogP) is 4.89. The summed E-state index contributed by atoms with van der Waals surface area (Å²) in [5.74, 6) is 0.924. The molecule has 0 aliphatic heterocycles. The molecule has 0 fully saturated rings. The second kappa shape index (κ2) is 9.71. The summed E-state index contributed by atoms with van der Waals surface area (Å²) in [6.07, 6.45) is 1.59. The number of hydrogen-bond acceptors (Lipinski definition) is 6. The first-order valence-corrected chi connectivity index (χ1v) is 9.99. The molecule has 0 saturated carbocycles. The maximum absolute atomic E-state index is 12.7. The maximum atomic E-state index is 12.7. The summed E-state index contributed by atoms with van der Waals surface area (Å²) in [4.78, 5) is 17.0. The Balaban J connectivity index is 1.40. The lowest BCUT2D eigenvalue weighted by atomic mass is 10.00. The number of aromatic nitrogens is 2. The molecule has 0 saturated heterocycles. The molecule has 0 aliphatic rings. The normalized spacial score (nSPS) is 10.6. The monoisotopic (exact) mass is 414 g/mol. The van der Waals surface area contributed by atoms with Crippen LogP contribution in [0.5, 0.6) is 5.75 Å². The van der Waals surface area contributed by atoms with E-state index in [2.05, 4.69) is 22.3 Å². The molecule has 6 heteroatoms. The number of carbonyl (C=O) groups excluding carboxylic acids is 1. The Morgan fingerprint density at radius 1 is 0.935 bits per heavy atom. The molecular formula is C25H22N2O4. The molecule has 0 radical (unpaired) electrons. The summed E-state index contributed by atoms with van der Waals surface area (Å²) in [6.45, 7) is -0.0944. The quantitative estimate of drug-likeness (QED) is 0.382. The number of methoxy groups -OCH3 is 1. The molecule has 4 aromatic rings. The fraction of sp³-hybridized carbons (Fsp3) is 0.160. The van der Waals surface area contributed by atoms with Gasteiger partial charge in [0.1, 0.15) is 5.75 Å². The lowest BCUT2D eigenvalue weighted by Crippen LogP contribution is -2.09. The van der Waals surface area contributed by atoms with Crippen molar-refractivity contribution in [1.82, 2.24) is 10.1 Å². The molecule has 0 unspecified atom stereocenters. The number of benzene rings is 3. The van der Waals surface area contributed by atoms with Crippen molar-refractivity contribution in [3.8, 4) is 17.1 Å². The summed E-state index contributed by atoms with van der Waals surface area (Å²) < 4.78 is 15.9. The van der Waals surface area contributed by atoms with Gasteiger partial charge in [-0.3, -0.25) is 0 Å². The van der Waals surface area contributed by atoms with E-state index in [1.165, 1.54) is 5.56 Å². The van der Waals surface area contributed by atoms with Crippen LogP contribution in [0.1, 0.15) is 27.4 Å². The van der Waals surface area contributed by atoms with Crippen LogP contribution in [-0.4, -0.2) is 23.2 Å². The van der Waals surface area contributed by atoms with E-state index in [9.17, 15) is 4.79 Å². The first-order chi connectivity index (χ1) is 15.2. The van der Waals surface area contributed by atoms with E-state index in [4.69, 9.17) is 14.0 Å². The van der Waals surface area contributed by atoms with Crippen LogP contribution in [-0.2, 0) is 24.2 Å². The number of carbonyl (C=O) groups is 1. The molecule has 0 spiro atoms. The Morgan fingerprint density at radius 2 is 1.74 bits per heavy atom. The van der Waals surface area contributed by atoms with Gasteiger partial charge in [0.25, 0.3) is 5.89 Å². The smallest absolute Gasteiger partial charge is 0.338 e. The summed E-state index contributed by atoms with van der Waals surface area (Å²) in [6, 6.07) is 25.0. The van der Waals surface area contributed by atoms with Gasteiger partial charge in [-0.2, -0.15) is 4.98 Å². The second-order valence-corrected chi connectivity index (χ2v) is 6.96. The molecule has 0 aliphatic carbocycles. The number of rotatable bonds is 8. The highest BCUT2D eigenvalue weighted by molar-refractivity contribution is 5.91. The Morgan fingerprint density at radius 3 is 2.58 bits per heavy atom. The molecule has 6 nitrogen and oxygen atoms in total. The number of ether oxygens (including phenoxy) is 2. The Kier molecular flexibility index (Phi) is 6.38. The second-order valence-electron chi connectivity index (χ2n) is 6.96. The van der Waals surface area contributed by atoms with E-state index < -0.39 is 5.97 Å². The van der Waals surface area contributed by atoms with Gasteiger partial charge in [-0.1, -0.05) is 65.8 Å². The van der Waals surface area contributed by atoms with Crippen molar-refractivity contribution in [2.45, 2.75) is 19.4 Å². The van der Waals surface area contributed by atoms with E-state index >= 15 is 0 Å². The van der Waals surface area contributed by atoms with Gasteiger partial charge in [0, 0.05) is 5.56 Å². The Hall–Kier alpha value is -3.93. The highest BCUT2D eigenvalue weighted by Gasteiger charge is 2.15. The van der Waals surface area contributed by atoms with Crippen LogP contribution in [0, 0.1) is 0 Å². The van der Waals surface area contributed by atoms with Crippen LogP contribution in [0.15, 0.2) is 83.4 Å². The third kappa shape index (κ3) is 5.17. The zero-order chi connectivity index (χ0) is 21.5. The zero-order valence-electron chi connectivity index (χ0n) is 17.2. The topological polar surface area (TPSA) is 74.5 Å². The van der Waals surface area contributed by atoms with Gasteiger partial charge >= 0.3 is 5.97 Å². The minimum atomic E-state index is -0.412. The van der Waals surface area contributed by atoms with Crippen LogP contribution in [0.4, 0.5) is 0 Å². The molecule has 1 aromatic heterocycles. The summed E-state index contributed by atoms with van der Waals surface area (Å²) in [7, 11) is 1.60. The van der Waals surface area contributed by atoms with Gasteiger partial charge in [0.05, 0.1) is 12.7 Å². The highest BCUT2D eigenvalue weighted by atomic mass is 16.6. The Bertz CT molecular complexity index is 1150. The van der Waals surface area contributed by atoms with Crippen LogP contribution >= 0.6 is 0 Å². The highest BCUT2D eigenvalue weighted by Crippen LogP contribution is 2.21. The van der Waals surface area contributed by atoms with Crippen molar-refractivity contribution in [2.24, 2.45) is 0 Å². The molecule has 0 atom stereocenters. The molecule has 4 rings (SSSR count). The standard InChI is InChI=1S/C25H22N2O4/c1-29-21-12-7-11-20(16-21)24-26-23(31-27-24)17-30-25(28)22-13-6-5-10-19(22)15-14-18-8-3-2-4-9-18/h2-13,16H,14-15,17H2,1H3. The Labute approximate surface area is 180 Å². The van der Waals surface area contributed by atoms with Gasteiger partial charge in [-0.15, -0.1) is 0 Å². The van der Waals surface area contributed by atoms with Crippen molar-refractivity contribution in [2.75, 3.05) is 7.11 Å². The molecule has 0 amide bonds. The number of hydrogen-bond donors (Lipinski definition) is 0. The number of aryl methyl sites for hydroxylation is 2. The van der Waals surface area contributed by atoms with Crippen LogP contribution in [0.3, 0.4) is 0 Å². The average molecular weight is 414 g/mol. The van der Waals surface area contributed by atoms with Crippen LogP contribution in [0.25, 0.3) is 11.4 Å². The molecule has 31 heavy (non-hydrogen) atoms. The number of nitrogens with zero attached hydrogens (tertiary/aromatic N) is 2. The SMILES string of the molecule is COc1cccc(-c2noc(COC(=O)c3ccccc3CCc3ccccc3)n2)c1. The van der Waals surface area contributed by atoms with Gasteiger partial charge < -0.3 is 14.0 Å². The minimum Gasteiger partial charge on any atom is -0.497 e. The predicted molar refractivity (Wildman–Crippen MR) is 116 cm³/mol. The van der Waals surface area contributed by atoms with Crippen molar-refractivity contribution in [1.29, 1.82) is 0 Å². The molecule has 156 valence electrons. The van der Waals surface area contributed by atoms with E-state index in [1.807, 2.05) is 60.7 Å². The number of esters is 1. The van der Waals surface area contributed by atoms with Crippen molar-refractivity contribution >= 4 is 5.97 Å². The lowest BCUT2D eigenvalue weighted by Gasteiger charge is -2.09. The molecule has 3 aromatic carbocycles.